The first kappa shape index (κ1) is 10.9. The van der Waals surface area contributed by atoms with E-state index in [4.69, 9.17) is 10.5 Å². The number of carbonyl (C=O) groups excluding carboxylic acids is 1. The second kappa shape index (κ2) is 5.50. The minimum atomic E-state index is -0.565. The molecule has 0 aromatic carbocycles. The third-order valence-electron chi connectivity index (χ3n) is 2.49. The van der Waals surface area contributed by atoms with Crippen molar-refractivity contribution in [2.75, 3.05) is 12.4 Å². The molecular weight excluding hydrogens is 186 g/mol. The van der Waals surface area contributed by atoms with Gasteiger partial charge in [0.25, 0.3) is 0 Å². The quantitative estimate of drug-likeness (QED) is 0.517. The van der Waals surface area contributed by atoms with Gasteiger partial charge in [-0.3, -0.25) is 4.79 Å². The summed E-state index contributed by atoms with van der Waals surface area (Å²) in [5, 5.41) is 0. The average Bonchev–Trinajstić information content (AvgIpc) is 2.07. The second-order valence-corrected chi connectivity index (χ2v) is 3.91. The minimum absolute atomic E-state index is 0.325. The minimum Gasteiger partial charge on any atom is -0.464 e. The fourth-order valence-electron chi connectivity index (χ4n) is 1.29. The molecule has 0 aromatic heterocycles. The SMILES string of the molecule is N[C@@H](CS)C(=O)OCCC1CCC1. The van der Waals surface area contributed by atoms with Gasteiger partial charge >= 0.3 is 5.97 Å². The van der Waals surface area contributed by atoms with Gasteiger partial charge < -0.3 is 10.5 Å². The fourth-order valence-corrected chi connectivity index (χ4v) is 1.44. The van der Waals surface area contributed by atoms with Crippen LogP contribution in [0.4, 0.5) is 0 Å². The lowest BCUT2D eigenvalue weighted by Crippen LogP contribution is -2.34. The molecule has 0 spiro atoms. The van der Waals surface area contributed by atoms with Crippen LogP contribution >= 0.6 is 12.6 Å². The summed E-state index contributed by atoms with van der Waals surface area (Å²) >= 11 is 3.92. The summed E-state index contributed by atoms with van der Waals surface area (Å²) < 4.78 is 4.99. The molecule has 0 aliphatic heterocycles. The van der Waals surface area contributed by atoms with Crippen molar-refractivity contribution in [3.8, 4) is 0 Å². The lowest BCUT2D eigenvalue weighted by molar-refractivity contribution is -0.145. The molecule has 0 amide bonds. The third-order valence-corrected chi connectivity index (χ3v) is 2.89. The molecule has 4 heteroatoms. The van der Waals surface area contributed by atoms with Gasteiger partial charge in [0.15, 0.2) is 0 Å². The molecule has 0 bridgehead atoms. The van der Waals surface area contributed by atoms with Crippen LogP contribution in [0.3, 0.4) is 0 Å². The predicted molar refractivity (Wildman–Crippen MR) is 54.7 cm³/mol. The molecule has 0 saturated heterocycles. The van der Waals surface area contributed by atoms with E-state index in [-0.39, 0.29) is 5.97 Å². The molecule has 1 aliphatic carbocycles. The van der Waals surface area contributed by atoms with Crippen LogP contribution in [0.5, 0.6) is 0 Å². The summed E-state index contributed by atoms with van der Waals surface area (Å²) in [7, 11) is 0. The van der Waals surface area contributed by atoms with Crippen LogP contribution in [0.25, 0.3) is 0 Å². The van der Waals surface area contributed by atoms with Gasteiger partial charge in [-0.15, -0.1) is 0 Å². The Morgan fingerprint density at radius 1 is 1.62 bits per heavy atom. The number of ether oxygens (including phenoxy) is 1. The van der Waals surface area contributed by atoms with E-state index < -0.39 is 6.04 Å². The van der Waals surface area contributed by atoms with E-state index in [2.05, 4.69) is 12.6 Å². The molecule has 0 radical (unpaired) electrons. The lowest BCUT2D eigenvalue weighted by atomic mass is 9.83. The number of esters is 1. The Balaban J connectivity index is 2.00. The van der Waals surface area contributed by atoms with Crippen molar-refractivity contribution in [3.05, 3.63) is 0 Å². The summed E-state index contributed by atoms with van der Waals surface area (Å²) in [6.45, 7) is 0.519. The van der Waals surface area contributed by atoms with Crippen molar-refractivity contribution in [2.24, 2.45) is 11.7 Å². The van der Waals surface area contributed by atoms with Crippen LogP contribution in [0.15, 0.2) is 0 Å². The highest BCUT2D eigenvalue weighted by Crippen LogP contribution is 2.29. The van der Waals surface area contributed by atoms with E-state index in [0.29, 0.717) is 12.4 Å². The van der Waals surface area contributed by atoms with Crippen molar-refractivity contribution >= 4 is 18.6 Å². The van der Waals surface area contributed by atoms with E-state index >= 15 is 0 Å². The Bertz CT molecular complexity index is 171. The average molecular weight is 203 g/mol. The van der Waals surface area contributed by atoms with E-state index in [1.165, 1.54) is 19.3 Å². The van der Waals surface area contributed by atoms with Crippen LogP contribution < -0.4 is 5.73 Å². The molecule has 1 atom stereocenters. The molecule has 13 heavy (non-hydrogen) atoms. The molecule has 0 unspecified atom stereocenters. The van der Waals surface area contributed by atoms with Crippen molar-refractivity contribution < 1.29 is 9.53 Å². The number of carbonyl (C=O) groups is 1. The van der Waals surface area contributed by atoms with Gasteiger partial charge in [-0.05, 0) is 12.3 Å². The van der Waals surface area contributed by atoms with Gasteiger partial charge in [0.2, 0.25) is 0 Å². The van der Waals surface area contributed by atoms with Gasteiger partial charge in [0.1, 0.15) is 6.04 Å². The highest BCUT2D eigenvalue weighted by molar-refractivity contribution is 7.80. The van der Waals surface area contributed by atoms with Crippen LogP contribution in [0.1, 0.15) is 25.7 Å². The van der Waals surface area contributed by atoms with Gasteiger partial charge in [0, 0.05) is 5.75 Å². The largest absolute Gasteiger partial charge is 0.464 e. The monoisotopic (exact) mass is 203 g/mol. The van der Waals surface area contributed by atoms with Crippen molar-refractivity contribution in [2.45, 2.75) is 31.7 Å². The standard InChI is InChI=1S/C9H17NO2S/c10-8(6-13)9(11)12-5-4-7-2-1-3-7/h7-8,13H,1-6,10H2/t8-/m0/s1. The van der Waals surface area contributed by atoms with Crippen LogP contribution in [0.2, 0.25) is 0 Å². The van der Waals surface area contributed by atoms with E-state index in [1.54, 1.807) is 0 Å². The van der Waals surface area contributed by atoms with Crippen molar-refractivity contribution in [1.29, 1.82) is 0 Å². The van der Waals surface area contributed by atoms with Crippen LogP contribution in [-0.4, -0.2) is 24.4 Å². The van der Waals surface area contributed by atoms with Crippen molar-refractivity contribution in [1.82, 2.24) is 0 Å². The lowest BCUT2D eigenvalue weighted by Gasteiger charge is -2.24. The van der Waals surface area contributed by atoms with Crippen molar-refractivity contribution in [3.63, 3.8) is 0 Å². The third kappa shape index (κ3) is 3.56. The first-order chi connectivity index (χ1) is 6.24. The van der Waals surface area contributed by atoms with Gasteiger partial charge in [0.05, 0.1) is 6.61 Å². The topological polar surface area (TPSA) is 52.3 Å². The highest BCUT2D eigenvalue weighted by Gasteiger charge is 2.18. The fraction of sp³-hybridized carbons (Fsp3) is 0.889. The second-order valence-electron chi connectivity index (χ2n) is 3.54. The summed E-state index contributed by atoms with van der Waals surface area (Å²) in [6.07, 6.45) is 4.89. The van der Waals surface area contributed by atoms with Crippen LogP contribution in [0, 0.1) is 5.92 Å². The first-order valence-electron chi connectivity index (χ1n) is 4.77. The zero-order valence-corrected chi connectivity index (χ0v) is 8.63. The summed E-state index contributed by atoms with van der Waals surface area (Å²) in [6, 6.07) is -0.565. The number of rotatable bonds is 5. The zero-order valence-electron chi connectivity index (χ0n) is 7.74. The van der Waals surface area contributed by atoms with E-state index in [1.807, 2.05) is 0 Å². The summed E-state index contributed by atoms with van der Waals surface area (Å²) in [5.74, 6) is 0.803. The van der Waals surface area contributed by atoms with E-state index in [0.717, 1.165) is 12.3 Å². The maximum Gasteiger partial charge on any atom is 0.323 e. The smallest absolute Gasteiger partial charge is 0.323 e. The Morgan fingerprint density at radius 3 is 2.77 bits per heavy atom. The maximum absolute atomic E-state index is 11.1. The molecule has 1 fully saturated rings. The summed E-state index contributed by atoms with van der Waals surface area (Å²) in [5.41, 5.74) is 5.43. The molecule has 1 aliphatic rings. The number of nitrogens with two attached hydrogens (primary N) is 1. The van der Waals surface area contributed by atoms with Gasteiger partial charge in [-0.25, -0.2) is 0 Å². The Labute approximate surface area is 84.4 Å². The normalized spacial score (nSPS) is 19.2. The summed E-state index contributed by atoms with van der Waals surface area (Å²) in [4.78, 5) is 11.1. The molecule has 2 N–H and O–H groups in total. The number of hydrogen-bond donors (Lipinski definition) is 2. The first-order valence-corrected chi connectivity index (χ1v) is 5.40. The maximum atomic E-state index is 11.1. The number of thiol groups is 1. The van der Waals surface area contributed by atoms with Crippen LogP contribution in [-0.2, 0) is 9.53 Å². The zero-order chi connectivity index (χ0) is 9.68. The van der Waals surface area contributed by atoms with Gasteiger partial charge in [-0.1, -0.05) is 19.3 Å². The molecular formula is C9H17NO2S. The Kier molecular flexibility index (Phi) is 4.59. The number of hydrogen-bond acceptors (Lipinski definition) is 4. The van der Waals surface area contributed by atoms with Gasteiger partial charge in [-0.2, -0.15) is 12.6 Å². The molecule has 0 heterocycles. The molecule has 1 rings (SSSR count). The highest BCUT2D eigenvalue weighted by atomic mass is 32.1. The molecule has 76 valence electrons. The molecule has 3 nitrogen and oxygen atoms in total. The van der Waals surface area contributed by atoms with E-state index in [9.17, 15) is 4.79 Å². The Morgan fingerprint density at radius 2 is 2.31 bits per heavy atom. The molecule has 1 saturated carbocycles. The molecule has 0 aromatic rings. The predicted octanol–water partition coefficient (Wildman–Crippen LogP) is 0.977. The Hall–Kier alpha value is -0.220.